The zero-order valence-corrected chi connectivity index (χ0v) is 37.0. The molecule has 0 spiro atoms. The van der Waals surface area contributed by atoms with Gasteiger partial charge in [0.2, 0.25) is 0 Å². The topological polar surface area (TPSA) is 56.7 Å². The van der Waals surface area contributed by atoms with E-state index in [4.69, 9.17) is 24.2 Å². The minimum Gasteiger partial charge on any atom is -0.493 e. The van der Waals surface area contributed by atoms with Gasteiger partial charge in [0.25, 0.3) is 0 Å². The first-order valence-corrected chi connectivity index (χ1v) is 23.3. The maximum atomic E-state index is 7.82. The molecular weight excluding hydrogens is 795 g/mol. The van der Waals surface area contributed by atoms with Crippen LogP contribution in [0.4, 0.5) is 5.69 Å². The Hall–Kier alpha value is -6.57. The molecule has 7 heteroatoms. The molecule has 1 fully saturated rings. The monoisotopic (exact) mass is 843 g/mol. The number of anilines is 1. The SMILES string of the molecule is CCC1(CC)c2ccccc2-c2c1c1c(c3cc(OC)c(OC)cc23)OC(c2ccc(-c3nc(-c4ccccc4)c4ccccc4n3)cc2)(c2ccc(N3CCSCC3)cc2)C=C1. The van der Waals surface area contributed by atoms with E-state index in [1.54, 1.807) is 14.2 Å². The standard InChI is InChI=1S/C56H49N3O3S/c1-5-55(6-2)46-18-12-10-16-41(46)50-44-34-48(60-3)49(61-4)35-45(44)53-43(51(50)55)28-29-56(62-53,39-24-26-40(27-25-39)59-30-32-63-33-31-59)38-22-20-37(21-23-38)54-57-47-19-13-11-17-42(47)52(58-54)36-14-8-7-9-15-36/h7-29,34-35H,5-6,30-33H2,1-4H3. The minimum atomic E-state index is -0.970. The highest BCUT2D eigenvalue weighted by atomic mass is 32.2. The molecule has 11 rings (SSSR count). The summed E-state index contributed by atoms with van der Waals surface area (Å²) in [7, 11) is 3.42. The summed E-state index contributed by atoms with van der Waals surface area (Å²) in [5.74, 6) is 5.17. The Kier molecular flexibility index (Phi) is 9.76. The van der Waals surface area contributed by atoms with Gasteiger partial charge in [-0.3, -0.25) is 0 Å². The number of hydrogen-bond donors (Lipinski definition) is 0. The van der Waals surface area contributed by atoms with Crippen LogP contribution in [0.2, 0.25) is 0 Å². The highest BCUT2D eigenvalue weighted by Gasteiger charge is 2.47. The number of methoxy groups -OCH3 is 2. The highest BCUT2D eigenvalue weighted by molar-refractivity contribution is 7.99. The number of thioether (sulfide) groups is 1. The first-order valence-electron chi connectivity index (χ1n) is 22.1. The van der Waals surface area contributed by atoms with E-state index >= 15 is 0 Å². The van der Waals surface area contributed by atoms with Crippen LogP contribution in [-0.2, 0) is 11.0 Å². The van der Waals surface area contributed by atoms with Gasteiger partial charge in [-0.05, 0) is 76.9 Å². The van der Waals surface area contributed by atoms with Gasteiger partial charge in [-0.15, -0.1) is 0 Å². The Balaban J connectivity index is 1.12. The van der Waals surface area contributed by atoms with E-state index in [-0.39, 0.29) is 5.41 Å². The van der Waals surface area contributed by atoms with Crippen molar-refractivity contribution in [2.75, 3.05) is 43.7 Å². The predicted molar refractivity (Wildman–Crippen MR) is 261 cm³/mol. The molecule has 63 heavy (non-hydrogen) atoms. The Morgan fingerprint density at radius 2 is 1.32 bits per heavy atom. The van der Waals surface area contributed by atoms with Crippen LogP contribution >= 0.6 is 11.8 Å². The van der Waals surface area contributed by atoms with E-state index in [1.165, 1.54) is 27.9 Å². The lowest BCUT2D eigenvalue weighted by molar-refractivity contribution is 0.163. The van der Waals surface area contributed by atoms with Gasteiger partial charge >= 0.3 is 0 Å². The molecule has 3 heterocycles. The number of hydrogen-bond acceptors (Lipinski definition) is 7. The number of nitrogens with zero attached hydrogens (tertiary/aromatic N) is 3. The summed E-state index contributed by atoms with van der Waals surface area (Å²) < 4.78 is 19.8. The second kappa shape index (κ2) is 15.7. The van der Waals surface area contributed by atoms with Crippen molar-refractivity contribution in [3.8, 4) is 51.0 Å². The summed E-state index contributed by atoms with van der Waals surface area (Å²) in [6.45, 7) is 6.74. The van der Waals surface area contributed by atoms with Crippen molar-refractivity contribution in [3.63, 3.8) is 0 Å². The lowest BCUT2D eigenvalue weighted by Crippen LogP contribution is -2.36. The largest absolute Gasteiger partial charge is 0.493 e. The third-order valence-corrected chi connectivity index (χ3v) is 14.8. The number of rotatable bonds is 9. The quantitative estimate of drug-likeness (QED) is 0.143. The molecule has 1 aliphatic carbocycles. The van der Waals surface area contributed by atoms with Crippen LogP contribution in [-0.4, -0.2) is 48.8 Å². The molecule has 0 radical (unpaired) electrons. The Morgan fingerprint density at radius 1 is 0.667 bits per heavy atom. The van der Waals surface area contributed by atoms with Gasteiger partial charge in [0.1, 0.15) is 5.75 Å². The fourth-order valence-corrected chi connectivity index (χ4v) is 11.5. The van der Waals surface area contributed by atoms with Crippen molar-refractivity contribution in [1.82, 2.24) is 9.97 Å². The Labute approximate surface area is 373 Å². The third kappa shape index (κ3) is 6.15. The van der Waals surface area contributed by atoms with Gasteiger partial charge < -0.3 is 19.1 Å². The Bertz CT molecular complexity index is 3060. The third-order valence-electron chi connectivity index (χ3n) is 13.8. The summed E-state index contributed by atoms with van der Waals surface area (Å²) in [5.41, 5.74) is 12.3. The molecule has 1 atom stereocenters. The molecule has 0 N–H and O–H groups in total. The molecule has 7 aromatic carbocycles. The summed E-state index contributed by atoms with van der Waals surface area (Å²) in [6.07, 6.45) is 6.56. The fraction of sp³-hybridized carbons (Fsp3) is 0.214. The molecule has 3 aliphatic rings. The number of ether oxygens (including phenoxy) is 3. The zero-order valence-electron chi connectivity index (χ0n) is 36.2. The molecule has 6 nitrogen and oxygen atoms in total. The minimum absolute atomic E-state index is 0.195. The summed E-state index contributed by atoms with van der Waals surface area (Å²) in [4.78, 5) is 12.8. The van der Waals surface area contributed by atoms with Crippen molar-refractivity contribution in [3.05, 3.63) is 173 Å². The predicted octanol–water partition coefficient (Wildman–Crippen LogP) is 13.1. The van der Waals surface area contributed by atoms with Crippen molar-refractivity contribution in [2.24, 2.45) is 0 Å². The van der Waals surface area contributed by atoms with Crippen LogP contribution in [0.5, 0.6) is 17.2 Å². The van der Waals surface area contributed by atoms with Gasteiger partial charge in [0, 0.05) is 74.3 Å². The lowest BCUT2D eigenvalue weighted by Gasteiger charge is -2.39. The van der Waals surface area contributed by atoms with E-state index in [1.807, 2.05) is 30.0 Å². The van der Waals surface area contributed by atoms with Crippen LogP contribution in [0.15, 0.2) is 146 Å². The maximum absolute atomic E-state index is 7.82. The van der Waals surface area contributed by atoms with Gasteiger partial charge in [0.05, 0.1) is 25.4 Å². The normalized spacial score (nSPS) is 17.2. The fourth-order valence-electron chi connectivity index (χ4n) is 10.6. The van der Waals surface area contributed by atoms with E-state index in [0.717, 1.165) is 98.4 Å². The van der Waals surface area contributed by atoms with E-state index in [9.17, 15) is 0 Å². The average Bonchev–Trinajstić information content (AvgIpc) is 3.66. The molecule has 312 valence electrons. The summed E-state index contributed by atoms with van der Waals surface area (Å²) >= 11 is 2.03. The smallest absolute Gasteiger partial charge is 0.178 e. The average molecular weight is 844 g/mol. The highest BCUT2D eigenvalue weighted by Crippen LogP contribution is 2.61. The van der Waals surface area contributed by atoms with Crippen molar-refractivity contribution in [1.29, 1.82) is 0 Å². The van der Waals surface area contributed by atoms with E-state index < -0.39 is 5.60 Å². The second-order valence-electron chi connectivity index (χ2n) is 16.8. The first kappa shape index (κ1) is 39.3. The molecule has 1 saturated heterocycles. The van der Waals surface area contributed by atoms with Crippen molar-refractivity contribution >= 4 is 45.2 Å². The molecule has 8 aromatic rings. The van der Waals surface area contributed by atoms with E-state index in [0.29, 0.717) is 17.3 Å². The Morgan fingerprint density at radius 3 is 2.03 bits per heavy atom. The zero-order chi connectivity index (χ0) is 42.7. The second-order valence-corrected chi connectivity index (χ2v) is 18.0. The summed E-state index contributed by atoms with van der Waals surface area (Å²) in [6, 6.07) is 49.6. The molecule has 1 aromatic heterocycles. The lowest BCUT2D eigenvalue weighted by atomic mass is 9.71. The molecule has 0 amide bonds. The number of aromatic nitrogens is 2. The van der Waals surface area contributed by atoms with Gasteiger partial charge in [-0.2, -0.15) is 11.8 Å². The van der Waals surface area contributed by atoms with Crippen LogP contribution in [0.25, 0.3) is 61.5 Å². The molecule has 0 saturated carbocycles. The van der Waals surface area contributed by atoms with E-state index in [2.05, 4.69) is 152 Å². The van der Waals surface area contributed by atoms with Crippen LogP contribution < -0.4 is 19.1 Å². The number of benzene rings is 7. The molecule has 0 bridgehead atoms. The van der Waals surface area contributed by atoms with Crippen LogP contribution in [0.1, 0.15) is 54.5 Å². The number of para-hydroxylation sites is 1. The first-order chi connectivity index (χ1) is 31.0. The van der Waals surface area contributed by atoms with Crippen LogP contribution in [0.3, 0.4) is 0 Å². The summed E-state index contributed by atoms with van der Waals surface area (Å²) in [5, 5.41) is 3.11. The van der Waals surface area contributed by atoms with Gasteiger partial charge in [0.15, 0.2) is 22.9 Å². The molecular formula is C56H49N3O3S. The maximum Gasteiger partial charge on any atom is 0.178 e. The van der Waals surface area contributed by atoms with Crippen molar-refractivity contribution < 1.29 is 14.2 Å². The number of fused-ring (bicyclic) bond motifs is 9. The van der Waals surface area contributed by atoms with Gasteiger partial charge in [-0.25, -0.2) is 9.97 Å². The molecule has 1 unspecified atom stereocenters. The van der Waals surface area contributed by atoms with Crippen LogP contribution in [0, 0.1) is 0 Å². The molecule has 2 aliphatic heterocycles. The van der Waals surface area contributed by atoms with Crippen molar-refractivity contribution in [2.45, 2.75) is 37.7 Å². The van der Waals surface area contributed by atoms with Gasteiger partial charge in [-0.1, -0.05) is 129 Å².